The van der Waals surface area contributed by atoms with E-state index in [2.05, 4.69) is 0 Å². The Labute approximate surface area is 123 Å². The summed E-state index contributed by atoms with van der Waals surface area (Å²) in [6.07, 6.45) is 1.31. The van der Waals surface area contributed by atoms with Gasteiger partial charge in [0.25, 0.3) is 0 Å². The topological polar surface area (TPSA) is 57.6 Å². The molecule has 0 bridgehead atoms. The fourth-order valence-corrected chi connectivity index (χ4v) is 3.06. The van der Waals surface area contributed by atoms with Crippen LogP contribution < -0.4 is 0 Å². The van der Waals surface area contributed by atoms with Gasteiger partial charge in [-0.2, -0.15) is 0 Å². The lowest BCUT2D eigenvalue weighted by Crippen LogP contribution is -2.43. The number of benzene rings is 1. The Bertz CT molecular complexity index is 544. The van der Waals surface area contributed by atoms with Crippen molar-refractivity contribution in [3.63, 3.8) is 0 Å². The molecule has 1 amide bonds. The molecule has 1 saturated heterocycles. The molecule has 0 aromatic heterocycles. The normalized spacial score (nSPS) is 23.2. The van der Waals surface area contributed by atoms with E-state index in [1.54, 1.807) is 17.0 Å². The molecule has 1 N–H and O–H groups in total. The number of carbonyl (C=O) groups excluding carboxylic acids is 1. The van der Waals surface area contributed by atoms with Crippen LogP contribution in [-0.4, -0.2) is 27.9 Å². The third-order valence-electron chi connectivity index (χ3n) is 3.94. The van der Waals surface area contributed by atoms with Gasteiger partial charge in [0, 0.05) is 12.5 Å². The standard InChI is InChI=1S/C16H20FNO3/c1-10(2)18-14(19)8-4-7-13(16(20)21)15(18)11-5-3-6-12(17)9-11/h3,5-6,9-10,13,15H,4,7-8H2,1-2H3,(H,20,21). The highest BCUT2D eigenvalue weighted by atomic mass is 19.1. The van der Waals surface area contributed by atoms with E-state index in [-0.39, 0.29) is 11.9 Å². The second-order valence-corrected chi connectivity index (χ2v) is 5.73. The van der Waals surface area contributed by atoms with Crippen LogP contribution >= 0.6 is 0 Å². The maximum absolute atomic E-state index is 13.5. The number of rotatable bonds is 3. The van der Waals surface area contributed by atoms with Crippen LogP contribution in [0.3, 0.4) is 0 Å². The summed E-state index contributed by atoms with van der Waals surface area (Å²) in [6, 6.07) is 5.14. The third kappa shape index (κ3) is 3.23. The minimum Gasteiger partial charge on any atom is -0.481 e. The molecule has 114 valence electrons. The zero-order valence-electron chi connectivity index (χ0n) is 12.3. The smallest absolute Gasteiger partial charge is 0.308 e. The van der Waals surface area contributed by atoms with E-state index in [9.17, 15) is 19.1 Å². The van der Waals surface area contributed by atoms with E-state index >= 15 is 0 Å². The summed E-state index contributed by atoms with van der Waals surface area (Å²) < 4.78 is 13.5. The van der Waals surface area contributed by atoms with Crippen LogP contribution in [0.15, 0.2) is 24.3 Å². The average Bonchev–Trinajstić information content (AvgIpc) is 2.57. The fraction of sp³-hybridized carbons (Fsp3) is 0.500. The molecule has 2 rings (SSSR count). The van der Waals surface area contributed by atoms with Crippen molar-refractivity contribution in [2.24, 2.45) is 5.92 Å². The Morgan fingerprint density at radius 3 is 2.71 bits per heavy atom. The zero-order chi connectivity index (χ0) is 15.6. The van der Waals surface area contributed by atoms with Crippen LogP contribution in [0.25, 0.3) is 0 Å². The molecule has 1 aromatic carbocycles. The minimum absolute atomic E-state index is 0.0667. The number of carboxylic acids is 1. The Morgan fingerprint density at radius 2 is 2.14 bits per heavy atom. The molecule has 1 aliphatic rings. The van der Waals surface area contributed by atoms with Gasteiger partial charge in [0.15, 0.2) is 0 Å². The van der Waals surface area contributed by atoms with E-state index in [1.807, 2.05) is 13.8 Å². The number of hydrogen-bond donors (Lipinski definition) is 1. The molecular weight excluding hydrogens is 273 g/mol. The Hall–Kier alpha value is -1.91. The van der Waals surface area contributed by atoms with Gasteiger partial charge in [0.2, 0.25) is 5.91 Å². The average molecular weight is 293 g/mol. The van der Waals surface area contributed by atoms with Crippen LogP contribution in [0.2, 0.25) is 0 Å². The van der Waals surface area contributed by atoms with E-state index in [0.717, 1.165) is 0 Å². The summed E-state index contributed by atoms with van der Waals surface area (Å²) in [4.78, 5) is 25.5. The molecule has 0 radical (unpaired) electrons. The van der Waals surface area contributed by atoms with Gasteiger partial charge >= 0.3 is 5.97 Å². The van der Waals surface area contributed by atoms with Crippen molar-refractivity contribution in [3.05, 3.63) is 35.6 Å². The fourth-order valence-electron chi connectivity index (χ4n) is 3.06. The van der Waals surface area contributed by atoms with Crippen LogP contribution in [-0.2, 0) is 9.59 Å². The molecule has 1 aliphatic heterocycles. The van der Waals surface area contributed by atoms with Gasteiger partial charge < -0.3 is 10.0 Å². The summed E-state index contributed by atoms with van der Waals surface area (Å²) >= 11 is 0. The van der Waals surface area contributed by atoms with Crippen molar-refractivity contribution in [1.82, 2.24) is 4.90 Å². The Balaban J connectivity index is 2.53. The highest BCUT2D eigenvalue weighted by Crippen LogP contribution is 2.37. The molecule has 2 unspecified atom stereocenters. The molecular formula is C16H20FNO3. The van der Waals surface area contributed by atoms with Crippen molar-refractivity contribution in [3.8, 4) is 0 Å². The molecule has 4 nitrogen and oxygen atoms in total. The van der Waals surface area contributed by atoms with Gasteiger partial charge in [0.05, 0.1) is 12.0 Å². The van der Waals surface area contributed by atoms with Crippen LogP contribution in [0.5, 0.6) is 0 Å². The first-order valence-electron chi connectivity index (χ1n) is 7.21. The monoisotopic (exact) mass is 293 g/mol. The number of halogens is 1. The first-order chi connectivity index (χ1) is 9.91. The zero-order valence-corrected chi connectivity index (χ0v) is 12.3. The van der Waals surface area contributed by atoms with Crippen LogP contribution in [0, 0.1) is 11.7 Å². The highest BCUT2D eigenvalue weighted by Gasteiger charge is 2.39. The number of nitrogens with zero attached hydrogens (tertiary/aromatic N) is 1. The van der Waals surface area contributed by atoms with Crippen molar-refractivity contribution >= 4 is 11.9 Å². The number of carboxylic acid groups (broad SMARTS) is 1. The second kappa shape index (κ2) is 6.24. The molecule has 1 aromatic rings. The summed E-state index contributed by atoms with van der Waals surface area (Å²) in [5, 5.41) is 9.52. The molecule has 0 saturated carbocycles. The van der Waals surface area contributed by atoms with E-state index in [1.165, 1.54) is 12.1 Å². The first-order valence-corrected chi connectivity index (χ1v) is 7.21. The van der Waals surface area contributed by atoms with Gasteiger partial charge in [-0.25, -0.2) is 4.39 Å². The SMILES string of the molecule is CC(C)N1C(=O)CCCC(C(=O)O)C1c1cccc(F)c1. The lowest BCUT2D eigenvalue weighted by atomic mass is 9.88. The second-order valence-electron chi connectivity index (χ2n) is 5.73. The predicted molar refractivity (Wildman–Crippen MR) is 76.1 cm³/mol. The van der Waals surface area contributed by atoms with Crippen LogP contribution in [0.4, 0.5) is 4.39 Å². The van der Waals surface area contributed by atoms with Gasteiger partial charge in [-0.3, -0.25) is 9.59 Å². The predicted octanol–water partition coefficient (Wildman–Crippen LogP) is 2.99. The lowest BCUT2D eigenvalue weighted by Gasteiger charge is -2.36. The maximum atomic E-state index is 13.5. The molecule has 0 aliphatic carbocycles. The maximum Gasteiger partial charge on any atom is 0.308 e. The summed E-state index contributed by atoms with van der Waals surface area (Å²) in [7, 11) is 0. The summed E-state index contributed by atoms with van der Waals surface area (Å²) in [6.45, 7) is 3.71. The Morgan fingerprint density at radius 1 is 1.43 bits per heavy atom. The lowest BCUT2D eigenvalue weighted by molar-refractivity contribution is -0.147. The number of hydrogen-bond acceptors (Lipinski definition) is 2. The van der Waals surface area contributed by atoms with Crippen molar-refractivity contribution < 1.29 is 19.1 Å². The van der Waals surface area contributed by atoms with Gasteiger partial charge in [-0.05, 0) is 44.4 Å². The molecule has 21 heavy (non-hydrogen) atoms. The number of amides is 1. The highest BCUT2D eigenvalue weighted by molar-refractivity contribution is 5.80. The number of carbonyl (C=O) groups is 2. The minimum atomic E-state index is -0.940. The van der Waals surface area contributed by atoms with E-state index in [0.29, 0.717) is 24.8 Å². The van der Waals surface area contributed by atoms with Crippen molar-refractivity contribution in [2.45, 2.75) is 45.2 Å². The quantitative estimate of drug-likeness (QED) is 0.932. The molecule has 2 atom stereocenters. The van der Waals surface area contributed by atoms with Gasteiger partial charge in [-0.1, -0.05) is 12.1 Å². The summed E-state index contributed by atoms with van der Waals surface area (Å²) in [5.41, 5.74) is 0.548. The molecule has 0 spiro atoms. The van der Waals surface area contributed by atoms with E-state index < -0.39 is 23.7 Å². The first kappa shape index (κ1) is 15.5. The number of aliphatic carboxylic acids is 1. The van der Waals surface area contributed by atoms with E-state index in [4.69, 9.17) is 0 Å². The van der Waals surface area contributed by atoms with Crippen molar-refractivity contribution in [2.75, 3.05) is 0 Å². The largest absolute Gasteiger partial charge is 0.481 e. The molecule has 1 fully saturated rings. The van der Waals surface area contributed by atoms with Gasteiger partial charge in [0.1, 0.15) is 5.82 Å². The Kier molecular flexibility index (Phi) is 4.60. The summed E-state index contributed by atoms with van der Waals surface area (Å²) in [5.74, 6) is -2.13. The van der Waals surface area contributed by atoms with Gasteiger partial charge in [-0.15, -0.1) is 0 Å². The number of likely N-dealkylation sites (tertiary alicyclic amines) is 1. The van der Waals surface area contributed by atoms with Crippen molar-refractivity contribution in [1.29, 1.82) is 0 Å². The third-order valence-corrected chi connectivity index (χ3v) is 3.94. The molecule has 1 heterocycles. The van der Waals surface area contributed by atoms with Crippen LogP contribution in [0.1, 0.15) is 44.7 Å². The molecule has 5 heteroatoms.